The summed E-state index contributed by atoms with van der Waals surface area (Å²) in [5.74, 6) is -0.241. The molecule has 2 heterocycles. The first kappa shape index (κ1) is 19.2. The summed E-state index contributed by atoms with van der Waals surface area (Å²) < 4.78 is 0. The largest absolute Gasteiger partial charge is 0.349 e. The fraction of sp³-hybridized carbons (Fsp3) is 0.600. The van der Waals surface area contributed by atoms with Crippen molar-refractivity contribution in [1.29, 1.82) is 0 Å². The van der Waals surface area contributed by atoms with Gasteiger partial charge in [0.05, 0.1) is 10.6 Å². The summed E-state index contributed by atoms with van der Waals surface area (Å²) in [5.41, 5.74) is 0.913. The normalized spacial score (nSPS) is 25.0. The van der Waals surface area contributed by atoms with Gasteiger partial charge < -0.3 is 16.0 Å². The molecule has 26 heavy (non-hydrogen) atoms. The van der Waals surface area contributed by atoms with E-state index in [1.807, 2.05) is 20.8 Å². The highest BCUT2D eigenvalue weighted by Crippen LogP contribution is 2.28. The summed E-state index contributed by atoms with van der Waals surface area (Å²) in [6.07, 6.45) is 4.71. The van der Waals surface area contributed by atoms with Crippen molar-refractivity contribution in [3.63, 3.8) is 0 Å². The van der Waals surface area contributed by atoms with Crippen LogP contribution in [-0.4, -0.2) is 29.9 Å². The van der Waals surface area contributed by atoms with Crippen LogP contribution in [0, 0.1) is 5.41 Å². The van der Waals surface area contributed by atoms with Crippen molar-refractivity contribution in [2.24, 2.45) is 5.41 Å². The van der Waals surface area contributed by atoms with E-state index in [0.717, 1.165) is 12.8 Å². The molecule has 3 rings (SSSR count). The first-order valence-electron chi connectivity index (χ1n) is 9.36. The summed E-state index contributed by atoms with van der Waals surface area (Å²) in [5, 5.41) is 9.95. The van der Waals surface area contributed by atoms with Crippen LogP contribution in [0.25, 0.3) is 0 Å². The molecule has 5 nitrogen and oxygen atoms in total. The molecule has 2 amide bonds. The second-order valence-corrected chi connectivity index (χ2v) is 9.17. The van der Waals surface area contributed by atoms with Crippen molar-refractivity contribution in [3.05, 3.63) is 28.8 Å². The number of benzene rings is 1. The fourth-order valence-electron chi connectivity index (χ4n) is 3.90. The number of piperidine rings is 1. The zero-order valence-electron chi connectivity index (χ0n) is 15.7. The molecule has 2 aliphatic rings. The number of fused-ring (bicyclic) bond motifs is 2. The minimum absolute atomic E-state index is 0.0684. The predicted octanol–water partition coefficient (Wildman–Crippen LogP) is 3.73. The van der Waals surface area contributed by atoms with Crippen molar-refractivity contribution in [2.45, 2.75) is 71.0 Å². The lowest BCUT2D eigenvalue weighted by molar-refractivity contribution is -0.117. The van der Waals surface area contributed by atoms with E-state index in [0.29, 0.717) is 34.8 Å². The molecule has 2 atom stereocenters. The smallest absolute Gasteiger partial charge is 0.253 e. The van der Waals surface area contributed by atoms with Gasteiger partial charge in [-0.2, -0.15) is 0 Å². The third kappa shape index (κ3) is 4.98. The van der Waals surface area contributed by atoms with Gasteiger partial charge in [0, 0.05) is 30.2 Å². The summed E-state index contributed by atoms with van der Waals surface area (Å²) in [6, 6.07) is 6.25. The third-order valence-corrected chi connectivity index (χ3v) is 5.32. The molecule has 142 valence electrons. The average Bonchev–Trinajstić information content (AvgIpc) is 2.86. The second-order valence-electron chi connectivity index (χ2n) is 8.76. The molecule has 0 radical (unpaired) electrons. The Morgan fingerprint density at radius 1 is 1.19 bits per heavy atom. The van der Waals surface area contributed by atoms with Crippen molar-refractivity contribution >= 4 is 29.1 Å². The maximum Gasteiger partial charge on any atom is 0.253 e. The van der Waals surface area contributed by atoms with E-state index in [1.165, 1.54) is 12.8 Å². The molecule has 2 aliphatic heterocycles. The number of hydrogen-bond acceptors (Lipinski definition) is 3. The first-order valence-corrected chi connectivity index (χ1v) is 9.74. The number of halogens is 1. The molecule has 2 unspecified atom stereocenters. The Hall–Kier alpha value is -1.59. The quantitative estimate of drug-likeness (QED) is 0.748. The van der Waals surface area contributed by atoms with Crippen LogP contribution < -0.4 is 16.0 Å². The van der Waals surface area contributed by atoms with Gasteiger partial charge >= 0.3 is 0 Å². The standard InChI is InChI=1S/C20H28ClN3O2/c1-20(2,3)11-18(25)23-14-6-7-17(21)16(10-14)19(26)24-15-8-12-4-5-13(9-15)22-12/h6-7,10,12-13,15,22H,4-5,8-9,11H2,1-3H3,(H,23,25)(H,24,26). The monoisotopic (exact) mass is 377 g/mol. The van der Waals surface area contributed by atoms with Crippen LogP contribution in [0.3, 0.4) is 0 Å². The summed E-state index contributed by atoms with van der Waals surface area (Å²) >= 11 is 6.24. The van der Waals surface area contributed by atoms with E-state index in [4.69, 9.17) is 11.6 Å². The van der Waals surface area contributed by atoms with Gasteiger partial charge in [-0.05, 0) is 49.3 Å². The van der Waals surface area contributed by atoms with Crippen LogP contribution in [0.5, 0.6) is 0 Å². The van der Waals surface area contributed by atoms with Gasteiger partial charge in [0.1, 0.15) is 0 Å². The number of nitrogens with one attached hydrogen (secondary N) is 3. The average molecular weight is 378 g/mol. The van der Waals surface area contributed by atoms with Crippen LogP contribution in [0.4, 0.5) is 5.69 Å². The van der Waals surface area contributed by atoms with Gasteiger partial charge in [0.2, 0.25) is 5.91 Å². The number of amides is 2. The van der Waals surface area contributed by atoms with Crippen LogP contribution in [0.2, 0.25) is 5.02 Å². The maximum atomic E-state index is 12.7. The predicted molar refractivity (Wildman–Crippen MR) is 105 cm³/mol. The molecule has 6 heteroatoms. The Kier molecular flexibility index (Phi) is 5.58. The van der Waals surface area contributed by atoms with Crippen LogP contribution in [0.1, 0.15) is 63.2 Å². The lowest BCUT2D eigenvalue weighted by Gasteiger charge is -2.29. The molecule has 0 spiro atoms. The van der Waals surface area contributed by atoms with Crippen LogP contribution in [-0.2, 0) is 4.79 Å². The second kappa shape index (κ2) is 7.57. The highest BCUT2D eigenvalue weighted by atomic mass is 35.5. The topological polar surface area (TPSA) is 70.2 Å². The van der Waals surface area contributed by atoms with E-state index in [2.05, 4.69) is 16.0 Å². The zero-order valence-corrected chi connectivity index (χ0v) is 16.5. The van der Waals surface area contributed by atoms with E-state index < -0.39 is 0 Å². The Labute approximate surface area is 160 Å². The van der Waals surface area contributed by atoms with Crippen molar-refractivity contribution in [2.75, 3.05) is 5.32 Å². The Morgan fingerprint density at radius 3 is 2.46 bits per heavy atom. The third-order valence-electron chi connectivity index (χ3n) is 4.99. The number of anilines is 1. The maximum absolute atomic E-state index is 12.7. The van der Waals surface area contributed by atoms with Crippen molar-refractivity contribution in [3.8, 4) is 0 Å². The van der Waals surface area contributed by atoms with E-state index >= 15 is 0 Å². The molecule has 3 N–H and O–H groups in total. The number of hydrogen-bond donors (Lipinski definition) is 3. The molecule has 0 aliphatic carbocycles. The lowest BCUT2D eigenvalue weighted by Crippen LogP contribution is -2.48. The van der Waals surface area contributed by atoms with Gasteiger partial charge in [-0.1, -0.05) is 32.4 Å². The van der Waals surface area contributed by atoms with Crippen LogP contribution >= 0.6 is 11.6 Å². The minimum Gasteiger partial charge on any atom is -0.349 e. The van der Waals surface area contributed by atoms with E-state index in [1.54, 1.807) is 18.2 Å². The van der Waals surface area contributed by atoms with Gasteiger partial charge in [-0.25, -0.2) is 0 Å². The van der Waals surface area contributed by atoms with Gasteiger partial charge in [-0.15, -0.1) is 0 Å². The molecule has 0 saturated carbocycles. The van der Waals surface area contributed by atoms with Crippen LogP contribution in [0.15, 0.2) is 18.2 Å². The molecule has 1 aromatic carbocycles. The SMILES string of the molecule is CC(C)(C)CC(=O)Nc1ccc(Cl)c(C(=O)NC2CC3CCC(C2)N3)c1. The highest BCUT2D eigenvalue weighted by Gasteiger charge is 2.34. The first-order chi connectivity index (χ1) is 12.2. The van der Waals surface area contributed by atoms with E-state index in [9.17, 15) is 9.59 Å². The van der Waals surface area contributed by atoms with Crippen molar-refractivity contribution in [1.82, 2.24) is 10.6 Å². The molecule has 2 fully saturated rings. The highest BCUT2D eigenvalue weighted by molar-refractivity contribution is 6.34. The number of carbonyl (C=O) groups is 2. The van der Waals surface area contributed by atoms with Crippen molar-refractivity contribution < 1.29 is 9.59 Å². The Balaban J connectivity index is 1.65. The number of carbonyl (C=O) groups excluding carboxylic acids is 2. The van der Waals surface area contributed by atoms with Gasteiger partial charge in [-0.3, -0.25) is 9.59 Å². The molecule has 0 aromatic heterocycles. The van der Waals surface area contributed by atoms with E-state index in [-0.39, 0.29) is 23.3 Å². The minimum atomic E-state index is -0.173. The molecule has 2 bridgehead atoms. The molecule has 1 aromatic rings. The molecular formula is C20H28ClN3O2. The Bertz CT molecular complexity index is 687. The fourth-order valence-corrected chi connectivity index (χ4v) is 4.11. The van der Waals surface area contributed by atoms with Gasteiger partial charge in [0.15, 0.2) is 0 Å². The summed E-state index contributed by atoms with van der Waals surface area (Å²) in [4.78, 5) is 24.8. The molecule has 2 saturated heterocycles. The number of rotatable bonds is 4. The Morgan fingerprint density at radius 2 is 1.85 bits per heavy atom. The lowest BCUT2D eigenvalue weighted by atomic mass is 9.92. The summed E-state index contributed by atoms with van der Waals surface area (Å²) in [6.45, 7) is 6.04. The van der Waals surface area contributed by atoms with Gasteiger partial charge in [0.25, 0.3) is 5.91 Å². The molecular weight excluding hydrogens is 350 g/mol. The summed E-state index contributed by atoms with van der Waals surface area (Å²) in [7, 11) is 0. The zero-order chi connectivity index (χ0) is 18.9.